The number of hydrogen-bond donors (Lipinski definition) is 2. The number of rotatable bonds is 8. The SMILES string of the molecule is CCCCCCNC(=O)c1cc(N)cn1CCC. The van der Waals surface area contributed by atoms with Crippen LogP contribution in [-0.2, 0) is 6.54 Å². The number of aryl methyl sites for hydroxylation is 1. The van der Waals surface area contributed by atoms with Gasteiger partial charge in [0.05, 0.1) is 5.69 Å². The fourth-order valence-corrected chi connectivity index (χ4v) is 1.99. The third-order valence-electron chi connectivity index (χ3n) is 2.93. The van der Waals surface area contributed by atoms with Crippen LogP contribution in [0.3, 0.4) is 0 Å². The molecule has 4 heteroatoms. The maximum Gasteiger partial charge on any atom is 0.267 e. The van der Waals surface area contributed by atoms with Crippen molar-refractivity contribution < 1.29 is 4.79 Å². The minimum absolute atomic E-state index is 0.0170. The molecule has 0 fully saturated rings. The largest absolute Gasteiger partial charge is 0.397 e. The molecule has 0 aliphatic rings. The van der Waals surface area contributed by atoms with Crippen LogP contribution in [0.15, 0.2) is 12.3 Å². The summed E-state index contributed by atoms with van der Waals surface area (Å²) in [6.45, 7) is 5.84. The summed E-state index contributed by atoms with van der Waals surface area (Å²) in [6, 6.07) is 1.75. The molecule has 1 aromatic heterocycles. The maximum absolute atomic E-state index is 12.0. The lowest BCUT2D eigenvalue weighted by Crippen LogP contribution is -2.26. The molecule has 0 aliphatic heterocycles. The highest BCUT2D eigenvalue weighted by Crippen LogP contribution is 2.11. The first-order valence-electron chi connectivity index (χ1n) is 6.92. The van der Waals surface area contributed by atoms with E-state index in [-0.39, 0.29) is 5.91 Å². The van der Waals surface area contributed by atoms with Gasteiger partial charge in [0.2, 0.25) is 0 Å². The van der Waals surface area contributed by atoms with E-state index in [0.29, 0.717) is 11.4 Å². The number of nitrogens with two attached hydrogens (primary N) is 1. The summed E-state index contributed by atoms with van der Waals surface area (Å²) in [4.78, 5) is 12.0. The van der Waals surface area contributed by atoms with Crippen LogP contribution in [0.25, 0.3) is 0 Å². The third kappa shape index (κ3) is 4.43. The van der Waals surface area contributed by atoms with Crippen LogP contribution in [0.5, 0.6) is 0 Å². The summed E-state index contributed by atoms with van der Waals surface area (Å²) in [5.74, 6) is -0.0170. The van der Waals surface area contributed by atoms with E-state index >= 15 is 0 Å². The van der Waals surface area contributed by atoms with E-state index < -0.39 is 0 Å². The van der Waals surface area contributed by atoms with Crippen molar-refractivity contribution in [3.8, 4) is 0 Å². The Labute approximate surface area is 110 Å². The molecule has 1 rings (SSSR count). The first-order valence-corrected chi connectivity index (χ1v) is 6.92. The molecule has 102 valence electrons. The Hall–Kier alpha value is -1.45. The number of carbonyl (C=O) groups is 1. The van der Waals surface area contributed by atoms with Crippen LogP contribution in [0, 0.1) is 0 Å². The molecule has 0 bridgehead atoms. The molecule has 4 nitrogen and oxygen atoms in total. The van der Waals surface area contributed by atoms with Gasteiger partial charge in [0.1, 0.15) is 5.69 Å². The Bertz CT molecular complexity index is 371. The first-order chi connectivity index (χ1) is 8.69. The number of unbranched alkanes of at least 4 members (excludes halogenated alkanes) is 3. The van der Waals surface area contributed by atoms with Crippen molar-refractivity contribution in [3.05, 3.63) is 18.0 Å². The Morgan fingerprint density at radius 1 is 1.28 bits per heavy atom. The Morgan fingerprint density at radius 3 is 2.72 bits per heavy atom. The summed E-state index contributed by atoms with van der Waals surface area (Å²) in [5, 5.41) is 2.95. The van der Waals surface area contributed by atoms with Crippen molar-refractivity contribution in [2.45, 2.75) is 52.5 Å². The minimum atomic E-state index is -0.0170. The quantitative estimate of drug-likeness (QED) is 0.698. The predicted molar refractivity (Wildman–Crippen MR) is 75.6 cm³/mol. The molecule has 0 saturated carbocycles. The second kappa shape index (κ2) is 7.80. The molecule has 0 unspecified atom stereocenters. The van der Waals surface area contributed by atoms with Crippen LogP contribution < -0.4 is 11.1 Å². The van der Waals surface area contributed by atoms with Gasteiger partial charge in [0.15, 0.2) is 0 Å². The van der Waals surface area contributed by atoms with Gasteiger partial charge >= 0.3 is 0 Å². The summed E-state index contributed by atoms with van der Waals surface area (Å²) >= 11 is 0. The van der Waals surface area contributed by atoms with E-state index in [1.807, 2.05) is 10.8 Å². The Balaban J connectivity index is 2.45. The minimum Gasteiger partial charge on any atom is -0.397 e. The molecular formula is C14H25N3O. The van der Waals surface area contributed by atoms with Gasteiger partial charge in [-0.3, -0.25) is 4.79 Å². The number of hydrogen-bond acceptors (Lipinski definition) is 2. The Kier molecular flexibility index (Phi) is 6.33. The monoisotopic (exact) mass is 251 g/mol. The van der Waals surface area contributed by atoms with Gasteiger partial charge in [-0.05, 0) is 18.9 Å². The topological polar surface area (TPSA) is 60.1 Å². The number of amides is 1. The zero-order valence-corrected chi connectivity index (χ0v) is 11.5. The number of anilines is 1. The summed E-state index contributed by atoms with van der Waals surface area (Å²) in [6.07, 6.45) is 7.48. The molecule has 0 radical (unpaired) electrons. The van der Waals surface area contributed by atoms with Crippen LogP contribution in [0.2, 0.25) is 0 Å². The fraction of sp³-hybridized carbons (Fsp3) is 0.643. The van der Waals surface area contributed by atoms with Crippen LogP contribution in [0.1, 0.15) is 56.4 Å². The van der Waals surface area contributed by atoms with E-state index in [1.165, 1.54) is 19.3 Å². The molecule has 1 heterocycles. The van der Waals surface area contributed by atoms with E-state index in [0.717, 1.165) is 25.9 Å². The third-order valence-corrected chi connectivity index (χ3v) is 2.93. The average molecular weight is 251 g/mol. The molecule has 0 spiro atoms. The number of carbonyl (C=O) groups excluding carboxylic acids is 1. The second-order valence-corrected chi connectivity index (χ2v) is 4.67. The summed E-state index contributed by atoms with van der Waals surface area (Å²) in [7, 11) is 0. The van der Waals surface area contributed by atoms with Crippen molar-refractivity contribution in [1.29, 1.82) is 0 Å². The van der Waals surface area contributed by atoms with Crippen molar-refractivity contribution >= 4 is 11.6 Å². The van der Waals surface area contributed by atoms with Gasteiger partial charge < -0.3 is 15.6 Å². The van der Waals surface area contributed by atoms with E-state index in [2.05, 4.69) is 19.2 Å². The fourth-order valence-electron chi connectivity index (χ4n) is 1.99. The highest BCUT2D eigenvalue weighted by Gasteiger charge is 2.11. The number of nitrogen functional groups attached to an aromatic ring is 1. The maximum atomic E-state index is 12.0. The van der Waals surface area contributed by atoms with Crippen molar-refractivity contribution in [1.82, 2.24) is 9.88 Å². The second-order valence-electron chi connectivity index (χ2n) is 4.67. The van der Waals surface area contributed by atoms with E-state index in [9.17, 15) is 4.79 Å². The standard InChI is InChI=1S/C14H25N3O/c1-3-5-6-7-8-16-14(18)13-10-12(15)11-17(13)9-4-2/h10-11H,3-9,15H2,1-2H3,(H,16,18). The molecule has 18 heavy (non-hydrogen) atoms. The Morgan fingerprint density at radius 2 is 2.06 bits per heavy atom. The summed E-state index contributed by atoms with van der Waals surface area (Å²) < 4.78 is 1.93. The zero-order valence-electron chi connectivity index (χ0n) is 11.5. The van der Waals surface area contributed by atoms with E-state index in [4.69, 9.17) is 5.73 Å². The number of aromatic nitrogens is 1. The molecule has 0 saturated heterocycles. The molecule has 0 atom stereocenters. The molecule has 1 amide bonds. The van der Waals surface area contributed by atoms with E-state index in [1.54, 1.807) is 6.07 Å². The number of nitrogens with zero attached hydrogens (tertiary/aromatic N) is 1. The highest BCUT2D eigenvalue weighted by molar-refractivity contribution is 5.93. The van der Waals surface area contributed by atoms with Gasteiger partial charge in [-0.25, -0.2) is 0 Å². The van der Waals surface area contributed by atoms with Gasteiger partial charge in [0, 0.05) is 19.3 Å². The van der Waals surface area contributed by atoms with Crippen LogP contribution in [-0.4, -0.2) is 17.0 Å². The van der Waals surface area contributed by atoms with Gasteiger partial charge in [-0.2, -0.15) is 0 Å². The van der Waals surface area contributed by atoms with Crippen LogP contribution in [0.4, 0.5) is 5.69 Å². The first kappa shape index (κ1) is 14.6. The lowest BCUT2D eigenvalue weighted by atomic mass is 10.2. The molecule has 1 aromatic rings. The summed E-state index contributed by atoms with van der Waals surface area (Å²) in [5.41, 5.74) is 7.06. The smallest absolute Gasteiger partial charge is 0.267 e. The van der Waals surface area contributed by atoms with Gasteiger partial charge in [-0.1, -0.05) is 33.1 Å². The predicted octanol–water partition coefficient (Wildman–Crippen LogP) is 2.79. The number of nitrogens with one attached hydrogen (secondary N) is 1. The van der Waals surface area contributed by atoms with Crippen molar-refractivity contribution in [2.24, 2.45) is 0 Å². The van der Waals surface area contributed by atoms with Gasteiger partial charge in [0.25, 0.3) is 5.91 Å². The molecule has 0 aromatic carbocycles. The lowest BCUT2D eigenvalue weighted by molar-refractivity contribution is 0.0943. The van der Waals surface area contributed by atoms with Gasteiger partial charge in [-0.15, -0.1) is 0 Å². The van der Waals surface area contributed by atoms with Crippen molar-refractivity contribution in [2.75, 3.05) is 12.3 Å². The normalized spacial score (nSPS) is 10.6. The van der Waals surface area contributed by atoms with Crippen molar-refractivity contribution in [3.63, 3.8) is 0 Å². The highest BCUT2D eigenvalue weighted by atomic mass is 16.1. The zero-order chi connectivity index (χ0) is 13.4. The molecular weight excluding hydrogens is 226 g/mol. The average Bonchev–Trinajstić information content (AvgIpc) is 2.70. The lowest BCUT2D eigenvalue weighted by Gasteiger charge is -2.08. The van der Waals surface area contributed by atoms with Crippen LogP contribution >= 0.6 is 0 Å². The molecule has 3 N–H and O–H groups in total. The molecule has 0 aliphatic carbocycles.